The lowest BCUT2D eigenvalue weighted by Crippen LogP contribution is -2.54. The first-order chi connectivity index (χ1) is 25.6. The van der Waals surface area contributed by atoms with Crippen molar-refractivity contribution in [3.05, 3.63) is 76.4 Å². The van der Waals surface area contributed by atoms with E-state index in [1.807, 2.05) is 19.1 Å². The average molecular weight is 740 g/mol. The Morgan fingerprint density at radius 1 is 0.981 bits per heavy atom. The van der Waals surface area contributed by atoms with Crippen molar-refractivity contribution in [2.45, 2.75) is 31.8 Å². The van der Waals surface area contributed by atoms with Crippen LogP contribution in [0.3, 0.4) is 0 Å². The molecule has 2 atom stereocenters. The number of fused-ring (bicyclic) bond motifs is 1. The number of benzene rings is 2. The summed E-state index contributed by atoms with van der Waals surface area (Å²) < 4.78 is 5.89. The Morgan fingerprint density at radius 2 is 1.75 bits per heavy atom. The fourth-order valence-corrected chi connectivity index (χ4v) is 7.42. The number of nitrogens with one attached hydrogen (secondary N) is 2. The van der Waals surface area contributed by atoms with Gasteiger partial charge < -0.3 is 24.8 Å². The van der Waals surface area contributed by atoms with E-state index >= 15 is 0 Å². The van der Waals surface area contributed by atoms with Crippen LogP contribution in [0.15, 0.2) is 54.7 Å². The molecule has 16 heteroatoms. The predicted molar refractivity (Wildman–Crippen MR) is 195 cm³/mol. The molecule has 0 aliphatic carbocycles. The van der Waals surface area contributed by atoms with Crippen molar-refractivity contribution >= 4 is 58.3 Å². The van der Waals surface area contributed by atoms with Gasteiger partial charge in [0.2, 0.25) is 17.7 Å². The molecule has 3 aromatic rings. The number of piperazine rings is 2. The minimum Gasteiger partial charge on any atom is -0.476 e. The number of hydrogen-bond acceptors (Lipinski definition) is 11. The van der Waals surface area contributed by atoms with Crippen LogP contribution in [0, 0.1) is 11.3 Å². The summed E-state index contributed by atoms with van der Waals surface area (Å²) >= 11 is 6.24. The summed E-state index contributed by atoms with van der Waals surface area (Å²) in [5.41, 5.74) is 3.27. The second-order valence-corrected chi connectivity index (χ2v) is 13.8. The van der Waals surface area contributed by atoms with Gasteiger partial charge in [0.05, 0.1) is 33.6 Å². The van der Waals surface area contributed by atoms with Gasteiger partial charge in [-0.25, -0.2) is 9.78 Å². The molecule has 2 aromatic carbocycles. The van der Waals surface area contributed by atoms with Crippen LogP contribution in [0.2, 0.25) is 5.02 Å². The van der Waals surface area contributed by atoms with E-state index in [1.54, 1.807) is 47.5 Å². The molecule has 0 bridgehead atoms. The van der Waals surface area contributed by atoms with E-state index < -0.39 is 29.7 Å². The van der Waals surface area contributed by atoms with Crippen LogP contribution in [0.1, 0.15) is 46.0 Å². The van der Waals surface area contributed by atoms with Crippen molar-refractivity contribution in [2.75, 3.05) is 74.1 Å². The molecule has 1 unspecified atom stereocenters. The third kappa shape index (κ3) is 7.46. The number of carbonyl (C=O) groups is 5. The fourth-order valence-electron chi connectivity index (χ4n) is 7.21. The van der Waals surface area contributed by atoms with Crippen LogP contribution in [-0.2, 0) is 9.59 Å². The molecule has 1 aromatic heterocycles. The largest absolute Gasteiger partial charge is 0.476 e. The summed E-state index contributed by atoms with van der Waals surface area (Å²) in [5.74, 6) is -1.61. The van der Waals surface area contributed by atoms with Gasteiger partial charge in [0.25, 0.3) is 11.8 Å². The Labute approximate surface area is 311 Å². The Hall–Kier alpha value is -5.72. The lowest BCUT2D eigenvalue weighted by atomic mass is 10.0. The smallest absolute Gasteiger partial charge is 0.322 e. The summed E-state index contributed by atoms with van der Waals surface area (Å²) in [6.07, 6.45) is 1.77. The van der Waals surface area contributed by atoms with E-state index in [2.05, 4.69) is 36.4 Å². The molecule has 274 valence electrons. The highest BCUT2D eigenvalue weighted by atomic mass is 35.5. The molecule has 0 spiro atoms. The average Bonchev–Trinajstić information content (AvgIpc) is 3.40. The highest BCUT2D eigenvalue weighted by molar-refractivity contribution is 6.32. The van der Waals surface area contributed by atoms with Crippen molar-refractivity contribution in [1.82, 2.24) is 25.0 Å². The molecule has 15 nitrogen and oxygen atoms in total. The number of rotatable bonds is 8. The van der Waals surface area contributed by atoms with E-state index in [0.29, 0.717) is 68.0 Å². The van der Waals surface area contributed by atoms with Crippen LogP contribution in [0.25, 0.3) is 0 Å². The third-order valence-electron chi connectivity index (χ3n) is 10.1. The number of urea groups is 1. The minimum atomic E-state index is -0.992. The number of piperidine rings is 1. The van der Waals surface area contributed by atoms with Gasteiger partial charge in [-0.2, -0.15) is 5.26 Å². The van der Waals surface area contributed by atoms with Gasteiger partial charge in [0.1, 0.15) is 18.7 Å². The van der Waals surface area contributed by atoms with Gasteiger partial charge >= 0.3 is 6.03 Å². The molecule has 4 aliphatic rings. The maximum atomic E-state index is 13.2. The van der Waals surface area contributed by atoms with Crippen LogP contribution in [-0.4, -0.2) is 120 Å². The van der Waals surface area contributed by atoms with Crippen LogP contribution >= 0.6 is 11.6 Å². The van der Waals surface area contributed by atoms with Crippen molar-refractivity contribution in [3.63, 3.8) is 0 Å². The second kappa shape index (κ2) is 15.1. The highest BCUT2D eigenvalue weighted by Crippen LogP contribution is 2.31. The molecule has 0 saturated carbocycles. The Kier molecular flexibility index (Phi) is 10.2. The monoisotopic (exact) mass is 739 g/mol. The number of pyridine rings is 1. The zero-order valence-corrected chi connectivity index (χ0v) is 29.8. The number of amides is 6. The predicted octanol–water partition coefficient (Wildman–Crippen LogP) is 2.95. The number of imide groups is 2. The van der Waals surface area contributed by atoms with E-state index in [1.165, 1.54) is 0 Å². The highest BCUT2D eigenvalue weighted by Gasteiger charge is 2.44. The number of nitriles is 1. The molecular formula is C37H38ClN9O6. The SMILES string of the molecule is C[C@H]1CN(C(=O)Nc2ccc(OCCN3CCN(c4ccc5c(c4)C(=O)N(C4CCC(=O)NC4=O)C5=O)CC3)nc2)CCN1c1ccc(C#N)c(Cl)c1. The zero-order valence-electron chi connectivity index (χ0n) is 29.1. The number of hydrogen-bond donors (Lipinski definition) is 2. The first-order valence-electron chi connectivity index (χ1n) is 17.5. The molecular weight excluding hydrogens is 702 g/mol. The normalized spacial score (nSPS) is 20.6. The standard InChI is InChI=1S/C37H38ClN9O6/c1-23-22-45(14-15-46(23)27-4-2-24(20-39)30(38)19-27)37(52)41-25-3-9-33(40-21-25)53-17-16-43-10-12-44(13-11-43)26-5-6-28-29(18-26)36(51)47(35(28)50)31-7-8-32(48)42-34(31)49/h2-6,9,18-19,21,23,31H,7-8,10-17,22H2,1H3,(H,41,52)(H,42,48,49)/t23-,31?/m0/s1. The number of nitrogens with zero attached hydrogens (tertiary/aromatic N) is 7. The summed E-state index contributed by atoms with van der Waals surface area (Å²) in [5, 5.41) is 14.7. The Balaban J connectivity index is 0.838. The van der Waals surface area contributed by atoms with Gasteiger partial charge in [-0.15, -0.1) is 0 Å². The van der Waals surface area contributed by atoms with Gasteiger partial charge in [-0.3, -0.25) is 34.3 Å². The second-order valence-electron chi connectivity index (χ2n) is 13.4. The molecule has 5 heterocycles. The van der Waals surface area contributed by atoms with Crippen LogP contribution in [0.5, 0.6) is 5.88 Å². The molecule has 7 rings (SSSR count). The molecule has 0 radical (unpaired) electrons. The summed E-state index contributed by atoms with van der Waals surface area (Å²) in [6, 6.07) is 15.0. The fraction of sp³-hybridized carbons (Fsp3) is 0.378. The number of anilines is 3. The summed E-state index contributed by atoms with van der Waals surface area (Å²) in [4.78, 5) is 76.9. The molecule has 2 N–H and O–H groups in total. The van der Waals surface area contributed by atoms with Crippen molar-refractivity contribution in [3.8, 4) is 11.9 Å². The Bertz CT molecular complexity index is 1990. The van der Waals surface area contributed by atoms with Crippen LogP contribution in [0.4, 0.5) is 21.9 Å². The van der Waals surface area contributed by atoms with E-state index in [9.17, 15) is 24.0 Å². The van der Waals surface area contributed by atoms with E-state index in [4.69, 9.17) is 21.6 Å². The van der Waals surface area contributed by atoms with E-state index in [0.717, 1.165) is 29.4 Å². The van der Waals surface area contributed by atoms with Gasteiger partial charge in [0, 0.05) is 82.3 Å². The third-order valence-corrected chi connectivity index (χ3v) is 10.4. The number of carbonyl (C=O) groups excluding carboxylic acids is 5. The topological polar surface area (TPSA) is 172 Å². The van der Waals surface area contributed by atoms with Gasteiger partial charge in [-0.05, 0) is 55.8 Å². The minimum absolute atomic E-state index is 0.0481. The van der Waals surface area contributed by atoms with E-state index in [-0.39, 0.29) is 36.0 Å². The zero-order chi connectivity index (χ0) is 37.2. The summed E-state index contributed by atoms with van der Waals surface area (Å²) in [6.45, 7) is 7.78. The molecule has 6 amide bonds. The van der Waals surface area contributed by atoms with Gasteiger partial charge in [-0.1, -0.05) is 11.6 Å². The number of aromatic nitrogens is 1. The molecule has 53 heavy (non-hydrogen) atoms. The molecule has 3 fully saturated rings. The maximum Gasteiger partial charge on any atom is 0.322 e. The Morgan fingerprint density at radius 3 is 2.45 bits per heavy atom. The quantitative estimate of drug-likeness (QED) is 0.326. The number of halogens is 1. The lowest BCUT2D eigenvalue weighted by molar-refractivity contribution is -0.136. The number of ether oxygens (including phenoxy) is 1. The molecule has 3 saturated heterocycles. The van der Waals surface area contributed by atoms with Gasteiger partial charge in [0.15, 0.2) is 0 Å². The first kappa shape index (κ1) is 35.7. The maximum absolute atomic E-state index is 13.2. The van der Waals surface area contributed by atoms with Crippen molar-refractivity contribution in [2.24, 2.45) is 0 Å². The first-order valence-corrected chi connectivity index (χ1v) is 17.9. The van der Waals surface area contributed by atoms with Crippen molar-refractivity contribution < 1.29 is 28.7 Å². The summed E-state index contributed by atoms with van der Waals surface area (Å²) in [7, 11) is 0. The lowest BCUT2D eigenvalue weighted by Gasteiger charge is -2.41. The van der Waals surface area contributed by atoms with Crippen molar-refractivity contribution in [1.29, 1.82) is 5.26 Å². The molecule has 4 aliphatic heterocycles. The van der Waals surface area contributed by atoms with Crippen LogP contribution < -0.4 is 25.2 Å².